The molecule has 0 saturated heterocycles. The minimum absolute atomic E-state index is 0.335. The van der Waals surface area contributed by atoms with Gasteiger partial charge < -0.3 is 9.79 Å². The zero-order valence-corrected chi connectivity index (χ0v) is 6.35. The van der Waals surface area contributed by atoms with Crippen molar-refractivity contribution in [2.45, 2.75) is 5.38 Å². The highest BCUT2D eigenvalue weighted by molar-refractivity contribution is 7.51. The molecule has 0 bridgehead atoms. The first-order valence-corrected chi connectivity index (χ1v) is 4.50. The van der Waals surface area contributed by atoms with Gasteiger partial charge in [0, 0.05) is 0 Å². The van der Waals surface area contributed by atoms with Crippen molar-refractivity contribution in [3.8, 4) is 0 Å². The van der Waals surface area contributed by atoms with Gasteiger partial charge in [-0.2, -0.15) is 0 Å². The van der Waals surface area contributed by atoms with Crippen LogP contribution in [0.3, 0.4) is 0 Å². The Bertz CT molecular complexity index is 141. The molecule has 0 radical (unpaired) electrons. The Balaban J connectivity index is 3.74. The van der Waals surface area contributed by atoms with Gasteiger partial charge in [0.15, 0.2) is 0 Å². The highest BCUT2D eigenvalue weighted by atomic mass is 35.5. The summed E-state index contributed by atoms with van der Waals surface area (Å²) in [5, 5.41) is -0.633. The molecule has 0 rings (SSSR count). The van der Waals surface area contributed by atoms with Gasteiger partial charge in [0.2, 0.25) is 0 Å². The van der Waals surface area contributed by atoms with Crippen molar-refractivity contribution in [3.63, 3.8) is 0 Å². The second-order valence-corrected chi connectivity index (χ2v) is 3.85. The average Bonchev–Trinajstić information content (AvgIpc) is 1.62. The van der Waals surface area contributed by atoms with Gasteiger partial charge in [0.25, 0.3) is 0 Å². The number of allylic oxidation sites excluding steroid dienone is 1. The lowest BCUT2D eigenvalue weighted by Crippen LogP contribution is -2.00. The van der Waals surface area contributed by atoms with Gasteiger partial charge in [0.1, 0.15) is 0 Å². The molecule has 0 aromatic rings. The van der Waals surface area contributed by atoms with Crippen LogP contribution in [0.5, 0.6) is 0 Å². The zero-order chi connectivity index (χ0) is 7.49. The molecule has 0 fully saturated rings. The van der Waals surface area contributed by atoms with Crippen molar-refractivity contribution in [3.05, 3.63) is 12.7 Å². The summed E-state index contributed by atoms with van der Waals surface area (Å²) in [6.45, 7) is 3.27. The molecule has 3 nitrogen and oxygen atoms in total. The third-order valence-electron chi connectivity index (χ3n) is 0.668. The molecule has 1 unspecified atom stereocenters. The monoisotopic (exact) mass is 170 g/mol. The molecule has 0 aliphatic heterocycles. The highest BCUT2D eigenvalue weighted by Crippen LogP contribution is 2.36. The van der Waals surface area contributed by atoms with E-state index < -0.39 is 13.0 Å². The van der Waals surface area contributed by atoms with E-state index in [1.165, 1.54) is 6.08 Å². The second kappa shape index (κ2) is 3.37. The lowest BCUT2D eigenvalue weighted by atomic mass is 10.5. The maximum absolute atomic E-state index is 10.2. The van der Waals surface area contributed by atoms with Crippen LogP contribution in [0.4, 0.5) is 0 Å². The SMILES string of the molecule is C=CC(Cl)CP(=O)(O)O. The Morgan fingerprint density at radius 3 is 2.33 bits per heavy atom. The van der Waals surface area contributed by atoms with Gasteiger partial charge in [-0.1, -0.05) is 6.08 Å². The van der Waals surface area contributed by atoms with Crippen LogP contribution in [-0.4, -0.2) is 21.3 Å². The van der Waals surface area contributed by atoms with Crippen molar-refractivity contribution >= 4 is 19.2 Å². The number of alkyl halides is 1. The molecule has 0 aromatic heterocycles. The first-order chi connectivity index (χ1) is 3.95. The summed E-state index contributed by atoms with van der Waals surface area (Å²) in [6, 6.07) is 0. The molecular weight excluding hydrogens is 162 g/mol. The summed E-state index contributed by atoms with van der Waals surface area (Å²) >= 11 is 5.34. The van der Waals surface area contributed by atoms with Crippen LogP contribution in [-0.2, 0) is 4.57 Å². The van der Waals surface area contributed by atoms with Crippen molar-refractivity contribution in [1.82, 2.24) is 0 Å². The summed E-state index contributed by atoms with van der Waals surface area (Å²) in [7, 11) is -3.94. The number of halogens is 1. The van der Waals surface area contributed by atoms with Crippen LogP contribution in [0.15, 0.2) is 12.7 Å². The summed E-state index contributed by atoms with van der Waals surface area (Å²) in [5.74, 6) is 0. The van der Waals surface area contributed by atoms with E-state index >= 15 is 0 Å². The Morgan fingerprint density at radius 2 is 2.22 bits per heavy atom. The van der Waals surface area contributed by atoms with E-state index in [1.54, 1.807) is 0 Å². The van der Waals surface area contributed by atoms with Crippen molar-refractivity contribution in [1.29, 1.82) is 0 Å². The van der Waals surface area contributed by atoms with Crippen LogP contribution < -0.4 is 0 Å². The quantitative estimate of drug-likeness (QED) is 0.377. The molecule has 0 heterocycles. The first-order valence-electron chi connectivity index (χ1n) is 2.27. The van der Waals surface area contributed by atoms with E-state index in [9.17, 15) is 4.57 Å². The molecule has 0 aliphatic rings. The maximum atomic E-state index is 10.2. The first kappa shape index (κ1) is 9.18. The van der Waals surface area contributed by atoms with E-state index in [1.807, 2.05) is 0 Å². The molecule has 0 aromatic carbocycles. The molecule has 54 valence electrons. The van der Waals surface area contributed by atoms with Crippen LogP contribution in [0.2, 0.25) is 0 Å². The predicted octanol–water partition coefficient (Wildman–Crippen LogP) is 0.958. The third kappa shape index (κ3) is 6.06. The molecule has 5 heteroatoms. The van der Waals surface area contributed by atoms with Crippen molar-refractivity contribution in [2.75, 3.05) is 6.16 Å². The third-order valence-corrected chi connectivity index (χ3v) is 2.08. The minimum Gasteiger partial charge on any atom is -0.324 e. The molecule has 9 heavy (non-hydrogen) atoms. The topological polar surface area (TPSA) is 57.5 Å². The normalized spacial score (nSPS) is 15.0. The Kier molecular flexibility index (Phi) is 3.44. The van der Waals surface area contributed by atoms with Crippen LogP contribution in [0.1, 0.15) is 0 Å². The molecular formula is C4H8ClO3P. The van der Waals surface area contributed by atoms with Crippen LogP contribution in [0.25, 0.3) is 0 Å². The smallest absolute Gasteiger partial charge is 0.324 e. The average molecular weight is 171 g/mol. The fourth-order valence-electron chi connectivity index (χ4n) is 0.302. The fraction of sp³-hybridized carbons (Fsp3) is 0.500. The zero-order valence-electron chi connectivity index (χ0n) is 4.70. The molecule has 0 amide bonds. The Labute approximate surface area is 58.5 Å². The van der Waals surface area contributed by atoms with Gasteiger partial charge in [-0.05, 0) is 0 Å². The van der Waals surface area contributed by atoms with E-state index in [0.717, 1.165) is 0 Å². The summed E-state index contributed by atoms with van der Waals surface area (Å²) in [4.78, 5) is 16.6. The predicted molar refractivity (Wildman–Crippen MR) is 36.7 cm³/mol. The molecule has 0 aliphatic carbocycles. The molecule has 0 saturated carbocycles. The number of rotatable bonds is 3. The van der Waals surface area contributed by atoms with Crippen molar-refractivity contribution in [2.24, 2.45) is 0 Å². The fourth-order valence-corrected chi connectivity index (χ4v) is 1.44. The number of hydrogen-bond acceptors (Lipinski definition) is 1. The van der Waals surface area contributed by atoms with Gasteiger partial charge in [-0.3, -0.25) is 4.57 Å². The Morgan fingerprint density at radius 1 is 1.78 bits per heavy atom. The van der Waals surface area contributed by atoms with Gasteiger partial charge in [-0.25, -0.2) is 0 Å². The standard InChI is InChI=1S/C4H8ClO3P/c1-2-4(5)3-9(6,7)8/h2,4H,1,3H2,(H2,6,7,8). The highest BCUT2D eigenvalue weighted by Gasteiger charge is 2.16. The van der Waals surface area contributed by atoms with Gasteiger partial charge in [-0.15, -0.1) is 18.2 Å². The minimum atomic E-state index is -3.94. The van der Waals surface area contributed by atoms with E-state index in [4.69, 9.17) is 21.4 Å². The van der Waals surface area contributed by atoms with E-state index in [-0.39, 0.29) is 6.16 Å². The van der Waals surface area contributed by atoms with E-state index in [2.05, 4.69) is 6.58 Å². The molecule has 1 atom stereocenters. The second-order valence-electron chi connectivity index (χ2n) is 1.60. The van der Waals surface area contributed by atoms with Gasteiger partial charge >= 0.3 is 7.60 Å². The lowest BCUT2D eigenvalue weighted by Gasteiger charge is -2.03. The van der Waals surface area contributed by atoms with E-state index in [0.29, 0.717) is 0 Å². The number of hydrogen-bond donors (Lipinski definition) is 2. The molecule has 0 spiro atoms. The van der Waals surface area contributed by atoms with Crippen LogP contribution >= 0.6 is 19.2 Å². The summed E-state index contributed by atoms with van der Waals surface area (Å²) < 4.78 is 10.2. The van der Waals surface area contributed by atoms with Gasteiger partial charge in [0.05, 0.1) is 11.5 Å². The lowest BCUT2D eigenvalue weighted by molar-refractivity contribution is 0.373. The molecule has 2 N–H and O–H groups in total. The largest absolute Gasteiger partial charge is 0.327 e. The maximum Gasteiger partial charge on any atom is 0.327 e. The van der Waals surface area contributed by atoms with Crippen LogP contribution in [0, 0.1) is 0 Å². The Hall–Kier alpha value is 0.180. The summed E-state index contributed by atoms with van der Waals surface area (Å²) in [5.41, 5.74) is 0. The van der Waals surface area contributed by atoms with Crippen molar-refractivity contribution < 1.29 is 14.4 Å². The summed E-state index contributed by atoms with van der Waals surface area (Å²) in [6.07, 6.45) is 0.957.